The first-order valence-corrected chi connectivity index (χ1v) is 11.0. The van der Waals surface area contributed by atoms with Gasteiger partial charge in [0.2, 0.25) is 5.91 Å². The van der Waals surface area contributed by atoms with E-state index in [0.717, 1.165) is 11.1 Å². The summed E-state index contributed by atoms with van der Waals surface area (Å²) in [6.07, 6.45) is 0.555. The summed E-state index contributed by atoms with van der Waals surface area (Å²) in [7, 11) is 0. The van der Waals surface area contributed by atoms with Gasteiger partial charge in [0.15, 0.2) is 0 Å². The van der Waals surface area contributed by atoms with E-state index in [-0.39, 0.29) is 43.4 Å². The van der Waals surface area contributed by atoms with Crippen LogP contribution in [0.15, 0.2) is 48.5 Å². The van der Waals surface area contributed by atoms with E-state index >= 15 is 0 Å². The predicted molar refractivity (Wildman–Crippen MR) is 121 cm³/mol. The second-order valence-corrected chi connectivity index (χ2v) is 8.18. The highest BCUT2D eigenvalue weighted by Gasteiger charge is 2.29. The van der Waals surface area contributed by atoms with Crippen LogP contribution in [0.3, 0.4) is 0 Å². The highest BCUT2D eigenvalue weighted by molar-refractivity contribution is 5.79. The lowest BCUT2D eigenvalue weighted by atomic mass is 9.98. The summed E-state index contributed by atoms with van der Waals surface area (Å²) in [6, 6.07) is 15.7. The normalized spacial score (nSPS) is 14.1. The molecule has 0 fully saturated rings. The lowest BCUT2D eigenvalue weighted by molar-refractivity contribution is -0.137. The maximum Gasteiger partial charge on any atom is 0.407 e. The van der Waals surface area contributed by atoms with E-state index in [1.807, 2.05) is 38.1 Å². The Morgan fingerprint density at radius 2 is 1.59 bits per heavy atom. The second kappa shape index (κ2) is 10.8. The number of benzene rings is 2. The third-order valence-electron chi connectivity index (χ3n) is 5.79. The Hall–Kier alpha value is -3.35. The molecule has 2 aromatic carbocycles. The van der Waals surface area contributed by atoms with Crippen molar-refractivity contribution >= 4 is 18.0 Å². The molecule has 7 nitrogen and oxygen atoms in total. The number of hydrogen-bond donors (Lipinski definition) is 3. The van der Waals surface area contributed by atoms with E-state index in [4.69, 9.17) is 9.84 Å². The van der Waals surface area contributed by atoms with Crippen LogP contribution in [0.4, 0.5) is 4.79 Å². The summed E-state index contributed by atoms with van der Waals surface area (Å²) in [4.78, 5) is 35.2. The van der Waals surface area contributed by atoms with Gasteiger partial charge >= 0.3 is 12.1 Å². The first-order chi connectivity index (χ1) is 15.4. The largest absolute Gasteiger partial charge is 0.481 e. The molecule has 1 aliphatic rings. The summed E-state index contributed by atoms with van der Waals surface area (Å²) >= 11 is 0. The van der Waals surface area contributed by atoms with Crippen LogP contribution in [0.5, 0.6) is 0 Å². The number of alkyl carbamates (subject to hydrolysis) is 1. The molecule has 0 bridgehead atoms. The number of carboxylic acid groups (broad SMARTS) is 1. The average Bonchev–Trinajstić information content (AvgIpc) is 3.09. The summed E-state index contributed by atoms with van der Waals surface area (Å²) in [5.74, 6) is -1.17. The minimum absolute atomic E-state index is 0.00514. The predicted octanol–water partition coefficient (Wildman–Crippen LogP) is 4.06. The molecule has 0 aliphatic heterocycles. The molecule has 2 unspecified atom stereocenters. The molecule has 0 radical (unpaired) electrons. The Bertz CT molecular complexity index is 929. The van der Waals surface area contributed by atoms with Crippen LogP contribution in [0.1, 0.15) is 56.6 Å². The molecular formula is C25H30N2O5. The number of fused-ring (bicyclic) bond motifs is 3. The third kappa shape index (κ3) is 5.87. The third-order valence-corrected chi connectivity index (χ3v) is 5.79. The monoisotopic (exact) mass is 438 g/mol. The second-order valence-electron chi connectivity index (χ2n) is 8.18. The summed E-state index contributed by atoms with van der Waals surface area (Å²) in [6.45, 7) is 3.87. The minimum atomic E-state index is -0.942. The van der Waals surface area contributed by atoms with E-state index in [9.17, 15) is 14.4 Å². The number of amides is 2. The van der Waals surface area contributed by atoms with Crippen LogP contribution in [0.2, 0.25) is 0 Å². The molecule has 0 heterocycles. The molecule has 0 aromatic heterocycles. The lowest BCUT2D eigenvalue weighted by Gasteiger charge is -2.18. The van der Waals surface area contributed by atoms with Crippen LogP contribution in [0.25, 0.3) is 11.1 Å². The molecular weight excluding hydrogens is 408 g/mol. The van der Waals surface area contributed by atoms with E-state index in [1.165, 1.54) is 11.1 Å². The van der Waals surface area contributed by atoms with E-state index in [0.29, 0.717) is 12.8 Å². The average molecular weight is 439 g/mol. The van der Waals surface area contributed by atoms with Crippen molar-refractivity contribution in [1.82, 2.24) is 10.6 Å². The maximum atomic E-state index is 12.3. The molecule has 2 aromatic rings. The molecule has 3 rings (SSSR count). The van der Waals surface area contributed by atoms with Crippen molar-refractivity contribution in [3.63, 3.8) is 0 Å². The zero-order valence-electron chi connectivity index (χ0n) is 18.5. The number of nitrogens with one attached hydrogen (secondary N) is 2. The SMILES string of the molecule is CCC(CC(=O)O)NC(=O)CCC(C)NC(=O)OCC1c2ccccc2-c2ccccc21. The standard InChI is InChI=1S/C25H30N2O5/c1-3-17(14-24(29)30)27-23(28)13-12-16(2)26-25(31)32-15-22-20-10-6-4-8-18(20)19-9-5-7-11-21(19)22/h4-11,16-17,22H,3,12-15H2,1-2H3,(H,26,31)(H,27,28)(H,29,30). The first kappa shape index (κ1) is 23.3. The van der Waals surface area contributed by atoms with Gasteiger partial charge in [-0.2, -0.15) is 0 Å². The zero-order valence-corrected chi connectivity index (χ0v) is 18.5. The molecule has 32 heavy (non-hydrogen) atoms. The van der Waals surface area contributed by atoms with Gasteiger partial charge in [0, 0.05) is 24.4 Å². The van der Waals surface area contributed by atoms with Gasteiger partial charge in [-0.25, -0.2) is 4.79 Å². The van der Waals surface area contributed by atoms with Gasteiger partial charge < -0.3 is 20.5 Å². The minimum Gasteiger partial charge on any atom is -0.481 e. The van der Waals surface area contributed by atoms with Gasteiger partial charge in [0.05, 0.1) is 6.42 Å². The highest BCUT2D eigenvalue weighted by atomic mass is 16.5. The molecule has 2 amide bonds. The number of aliphatic carboxylic acids is 1. The number of rotatable bonds is 10. The Morgan fingerprint density at radius 1 is 1.00 bits per heavy atom. The van der Waals surface area contributed by atoms with Crippen molar-refractivity contribution in [3.8, 4) is 11.1 Å². The fraction of sp³-hybridized carbons (Fsp3) is 0.400. The van der Waals surface area contributed by atoms with Crippen molar-refractivity contribution in [1.29, 1.82) is 0 Å². The van der Waals surface area contributed by atoms with E-state index < -0.39 is 12.1 Å². The molecule has 1 aliphatic carbocycles. The van der Waals surface area contributed by atoms with Gasteiger partial charge in [-0.15, -0.1) is 0 Å². The van der Waals surface area contributed by atoms with Crippen LogP contribution in [-0.2, 0) is 14.3 Å². The number of carbonyl (C=O) groups is 3. The number of carboxylic acids is 1. The Balaban J connectivity index is 1.46. The van der Waals surface area contributed by atoms with Crippen molar-refractivity contribution < 1.29 is 24.2 Å². The number of carbonyl (C=O) groups excluding carboxylic acids is 2. The topological polar surface area (TPSA) is 105 Å². The maximum absolute atomic E-state index is 12.3. The Kier molecular flexibility index (Phi) is 7.87. The van der Waals surface area contributed by atoms with Gasteiger partial charge in [0.1, 0.15) is 6.61 Å². The van der Waals surface area contributed by atoms with Gasteiger partial charge in [-0.1, -0.05) is 55.5 Å². The van der Waals surface area contributed by atoms with Crippen molar-refractivity contribution in [2.24, 2.45) is 0 Å². The quantitative estimate of drug-likeness (QED) is 0.519. The first-order valence-electron chi connectivity index (χ1n) is 11.0. The van der Waals surface area contributed by atoms with Gasteiger partial charge in [0.25, 0.3) is 0 Å². The summed E-state index contributed by atoms with van der Waals surface area (Å²) in [5, 5.41) is 14.4. The molecule has 0 saturated heterocycles. The Morgan fingerprint density at radius 3 is 2.16 bits per heavy atom. The molecule has 2 atom stereocenters. The van der Waals surface area contributed by atoms with Crippen LogP contribution < -0.4 is 10.6 Å². The van der Waals surface area contributed by atoms with E-state index in [1.54, 1.807) is 0 Å². The smallest absolute Gasteiger partial charge is 0.407 e. The Labute approximate surface area is 188 Å². The van der Waals surface area contributed by atoms with Gasteiger partial charge in [-0.05, 0) is 42.0 Å². The zero-order chi connectivity index (χ0) is 23.1. The molecule has 3 N–H and O–H groups in total. The van der Waals surface area contributed by atoms with Crippen molar-refractivity contribution in [2.75, 3.05) is 6.61 Å². The molecule has 0 spiro atoms. The van der Waals surface area contributed by atoms with Crippen LogP contribution in [0, 0.1) is 0 Å². The summed E-state index contributed by atoms with van der Waals surface area (Å²) in [5.41, 5.74) is 4.64. The summed E-state index contributed by atoms with van der Waals surface area (Å²) < 4.78 is 5.53. The molecule has 0 saturated carbocycles. The van der Waals surface area contributed by atoms with E-state index in [2.05, 4.69) is 34.9 Å². The number of ether oxygens (including phenoxy) is 1. The molecule has 170 valence electrons. The fourth-order valence-electron chi connectivity index (χ4n) is 4.07. The fourth-order valence-corrected chi connectivity index (χ4v) is 4.07. The van der Waals surface area contributed by atoms with Crippen LogP contribution in [-0.4, -0.2) is 41.8 Å². The lowest BCUT2D eigenvalue weighted by Crippen LogP contribution is -2.38. The van der Waals surface area contributed by atoms with Crippen molar-refractivity contribution in [2.45, 2.75) is 57.5 Å². The highest BCUT2D eigenvalue weighted by Crippen LogP contribution is 2.44. The van der Waals surface area contributed by atoms with Gasteiger partial charge in [-0.3, -0.25) is 9.59 Å². The number of hydrogen-bond acceptors (Lipinski definition) is 4. The molecule has 7 heteroatoms. The van der Waals surface area contributed by atoms with Crippen molar-refractivity contribution in [3.05, 3.63) is 59.7 Å². The van der Waals surface area contributed by atoms with Crippen LogP contribution >= 0.6 is 0 Å².